The summed E-state index contributed by atoms with van der Waals surface area (Å²) in [6.45, 7) is 1.62. The van der Waals surface area contributed by atoms with Crippen LogP contribution in [-0.4, -0.2) is 30.2 Å². The van der Waals surface area contributed by atoms with E-state index in [4.69, 9.17) is 4.74 Å². The van der Waals surface area contributed by atoms with Crippen molar-refractivity contribution in [3.8, 4) is 0 Å². The van der Waals surface area contributed by atoms with Gasteiger partial charge in [-0.1, -0.05) is 49.4 Å². The number of benzene rings is 3. The predicted octanol–water partition coefficient (Wildman–Crippen LogP) is 4.09. The first-order valence-electron chi connectivity index (χ1n) is 9.86. The number of nitrogens with zero attached hydrogens (tertiary/aromatic N) is 1. The second-order valence-electron chi connectivity index (χ2n) is 7.09. The topological polar surface area (TPSA) is 80.8 Å². The molecule has 0 saturated heterocycles. The Bertz CT molecular complexity index is 1160. The van der Waals surface area contributed by atoms with Gasteiger partial charge in [0.1, 0.15) is 0 Å². The third kappa shape index (κ3) is 3.88. The predicted molar refractivity (Wildman–Crippen MR) is 114 cm³/mol. The van der Waals surface area contributed by atoms with Gasteiger partial charge in [-0.05, 0) is 42.3 Å². The summed E-state index contributed by atoms with van der Waals surface area (Å²) in [7, 11) is 0. The maximum absolute atomic E-state index is 12.7. The van der Waals surface area contributed by atoms with Gasteiger partial charge in [0.05, 0.1) is 22.4 Å². The van der Waals surface area contributed by atoms with Gasteiger partial charge in [0.25, 0.3) is 11.8 Å². The summed E-state index contributed by atoms with van der Waals surface area (Å²) in [6.07, 6.45) is 0.868. The molecule has 0 bridgehead atoms. The molecule has 0 aliphatic carbocycles. The molecule has 0 fully saturated rings. The molecule has 6 heteroatoms. The fourth-order valence-electron chi connectivity index (χ4n) is 3.42. The summed E-state index contributed by atoms with van der Waals surface area (Å²) in [5.41, 5.74) is 2.62. The van der Waals surface area contributed by atoms with E-state index < -0.39 is 24.4 Å². The Hall–Kier alpha value is -4.06. The quantitative estimate of drug-likeness (QED) is 0.345. The van der Waals surface area contributed by atoms with Crippen LogP contribution in [0.5, 0.6) is 0 Å². The van der Waals surface area contributed by atoms with Crippen LogP contribution in [0.2, 0.25) is 0 Å². The minimum Gasteiger partial charge on any atom is -0.454 e. The van der Waals surface area contributed by atoms with Gasteiger partial charge in [0, 0.05) is 5.56 Å². The Morgan fingerprint density at radius 2 is 1.45 bits per heavy atom. The average Bonchev–Trinajstić information content (AvgIpc) is 3.07. The number of esters is 1. The van der Waals surface area contributed by atoms with Gasteiger partial charge in [-0.15, -0.1) is 0 Å². The second kappa shape index (κ2) is 8.36. The molecule has 0 unspecified atom stereocenters. The highest BCUT2D eigenvalue weighted by Gasteiger charge is 2.36. The smallest absolute Gasteiger partial charge is 0.338 e. The van der Waals surface area contributed by atoms with E-state index in [1.165, 1.54) is 12.1 Å². The van der Waals surface area contributed by atoms with Crippen LogP contribution in [0.25, 0.3) is 0 Å². The van der Waals surface area contributed by atoms with E-state index in [0.29, 0.717) is 16.7 Å². The molecule has 0 spiro atoms. The third-order valence-electron chi connectivity index (χ3n) is 5.15. The number of aryl methyl sites for hydroxylation is 1. The molecule has 4 rings (SSSR count). The minimum atomic E-state index is -0.711. The number of carbonyl (C=O) groups is 4. The average molecular weight is 413 g/mol. The zero-order valence-corrected chi connectivity index (χ0v) is 16.8. The lowest BCUT2D eigenvalue weighted by Crippen LogP contribution is -2.29. The lowest BCUT2D eigenvalue weighted by molar-refractivity contribution is 0.0474. The number of hydrogen-bond donors (Lipinski definition) is 0. The molecule has 154 valence electrons. The summed E-state index contributed by atoms with van der Waals surface area (Å²) in [5.74, 6) is -1.92. The van der Waals surface area contributed by atoms with Crippen molar-refractivity contribution in [1.29, 1.82) is 0 Å². The summed E-state index contributed by atoms with van der Waals surface area (Å²) < 4.78 is 5.16. The van der Waals surface area contributed by atoms with Crippen molar-refractivity contribution in [3.63, 3.8) is 0 Å². The van der Waals surface area contributed by atoms with Gasteiger partial charge in [-0.2, -0.15) is 0 Å². The molecule has 0 atom stereocenters. The van der Waals surface area contributed by atoms with E-state index >= 15 is 0 Å². The van der Waals surface area contributed by atoms with Crippen molar-refractivity contribution in [2.24, 2.45) is 0 Å². The zero-order chi connectivity index (χ0) is 22.0. The molecule has 2 amide bonds. The number of amides is 2. The largest absolute Gasteiger partial charge is 0.454 e. The third-order valence-corrected chi connectivity index (χ3v) is 5.15. The van der Waals surface area contributed by atoms with Crippen LogP contribution in [0.1, 0.15) is 53.9 Å². The number of ketones is 1. The van der Waals surface area contributed by atoms with Gasteiger partial charge in [0.2, 0.25) is 0 Å². The molecule has 0 radical (unpaired) electrons. The van der Waals surface area contributed by atoms with Crippen molar-refractivity contribution in [3.05, 3.63) is 101 Å². The zero-order valence-electron chi connectivity index (χ0n) is 16.8. The standard InChI is InChI=1S/C25H19NO5/c1-2-16-10-12-17(13-11-16)22(27)15-31-25(30)18-6-5-7-19(14-18)26-23(28)20-8-3-4-9-21(20)24(26)29/h3-14H,2,15H2,1H3. The maximum Gasteiger partial charge on any atom is 0.338 e. The Balaban J connectivity index is 1.47. The second-order valence-corrected chi connectivity index (χ2v) is 7.09. The van der Waals surface area contributed by atoms with E-state index in [0.717, 1.165) is 16.9 Å². The molecule has 31 heavy (non-hydrogen) atoms. The van der Waals surface area contributed by atoms with Crippen molar-refractivity contribution in [2.75, 3.05) is 11.5 Å². The van der Waals surface area contributed by atoms with Crippen LogP contribution in [0, 0.1) is 0 Å². The fraction of sp³-hybridized carbons (Fsp3) is 0.120. The molecule has 1 aliphatic rings. The molecular weight excluding hydrogens is 394 g/mol. The molecule has 1 aliphatic heterocycles. The summed E-state index contributed by atoms with van der Waals surface area (Å²) >= 11 is 0. The Morgan fingerprint density at radius 1 is 0.806 bits per heavy atom. The first-order chi connectivity index (χ1) is 15.0. The van der Waals surface area contributed by atoms with E-state index in [2.05, 4.69) is 0 Å². The maximum atomic E-state index is 12.7. The molecule has 3 aromatic carbocycles. The van der Waals surface area contributed by atoms with Gasteiger partial charge >= 0.3 is 5.97 Å². The van der Waals surface area contributed by atoms with Crippen LogP contribution >= 0.6 is 0 Å². The highest BCUT2D eigenvalue weighted by Crippen LogP contribution is 2.28. The van der Waals surface area contributed by atoms with Crippen molar-refractivity contribution in [2.45, 2.75) is 13.3 Å². The van der Waals surface area contributed by atoms with E-state index in [9.17, 15) is 19.2 Å². The Morgan fingerprint density at radius 3 is 2.06 bits per heavy atom. The van der Waals surface area contributed by atoms with Gasteiger partial charge in [0.15, 0.2) is 12.4 Å². The van der Waals surface area contributed by atoms with E-state index in [1.54, 1.807) is 48.5 Å². The highest BCUT2D eigenvalue weighted by atomic mass is 16.5. The number of ether oxygens (including phenoxy) is 1. The number of hydrogen-bond acceptors (Lipinski definition) is 5. The van der Waals surface area contributed by atoms with Crippen LogP contribution in [0.3, 0.4) is 0 Å². The number of carbonyl (C=O) groups excluding carboxylic acids is 4. The minimum absolute atomic E-state index is 0.142. The van der Waals surface area contributed by atoms with Crippen molar-refractivity contribution in [1.82, 2.24) is 0 Å². The molecule has 0 aromatic heterocycles. The van der Waals surface area contributed by atoms with Crippen molar-refractivity contribution >= 4 is 29.3 Å². The van der Waals surface area contributed by atoms with E-state index in [1.807, 2.05) is 19.1 Å². The normalized spacial score (nSPS) is 12.6. The molecule has 1 heterocycles. The number of fused-ring (bicyclic) bond motifs is 1. The van der Waals surface area contributed by atoms with Crippen molar-refractivity contribution < 1.29 is 23.9 Å². The molecular formula is C25H19NO5. The molecule has 3 aromatic rings. The molecule has 0 N–H and O–H groups in total. The monoisotopic (exact) mass is 413 g/mol. The first kappa shape index (κ1) is 20.2. The van der Waals surface area contributed by atoms with Gasteiger partial charge in [-0.25, -0.2) is 9.69 Å². The molecule has 0 saturated carbocycles. The van der Waals surface area contributed by atoms with Crippen LogP contribution < -0.4 is 4.90 Å². The lowest BCUT2D eigenvalue weighted by Gasteiger charge is -2.14. The van der Waals surface area contributed by atoms with Crippen LogP contribution in [0.4, 0.5) is 5.69 Å². The SMILES string of the molecule is CCc1ccc(C(=O)COC(=O)c2cccc(N3C(=O)c4ccccc4C3=O)c2)cc1. The number of anilines is 1. The summed E-state index contributed by atoms with van der Waals surface area (Å²) in [6, 6.07) is 19.7. The summed E-state index contributed by atoms with van der Waals surface area (Å²) in [4.78, 5) is 51.1. The number of imide groups is 1. The van der Waals surface area contributed by atoms with Crippen LogP contribution in [0.15, 0.2) is 72.8 Å². The van der Waals surface area contributed by atoms with Crippen LogP contribution in [-0.2, 0) is 11.2 Å². The highest BCUT2D eigenvalue weighted by molar-refractivity contribution is 6.34. The molecule has 6 nitrogen and oxygen atoms in total. The lowest BCUT2D eigenvalue weighted by atomic mass is 10.1. The van der Waals surface area contributed by atoms with E-state index in [-0.39, 0.29) is 17.0 Å². The summed E-state index contributed by atoms with van der Waals surface area (Å²) in [5, 5.41) is 0. The van der Waals surface area contributed by atoms with Gasteiger partial charge in [-0.3, -0.25) is 14.4 Å². The first-order valence-corrected chi connectivity index (χ1v) is 9.86. The number of Topliss-reactive ketones (excluding diaryl/α,β-unsaturated/α-hetero) is 1. The van der Waals surface area contributed by atoms with Gasteiger partial charge < -0.3 is 4.74 Å². The Labute approximate surface area is 179 Å². The number of rotatable bonds is 6. The Kier molecular flexibility index (Phi) is 5.45. The fourth-order valence-corrected chi connectivity index (χ4v) is 3.42.